The van der Waals surface area contributed by atoms with Gasteiger partial charge in [-0.25, -0.2) is 0 Å². The van der Waals surface area contributed by atoms with E-state index in [1.54, 1.807) is 7.05 Å². The highest BCUT2D eigenvalue weighted by Gasteiger charge is 2.07. The number of hydrogen-bond donors (Lipinski definition) is 1. The van der Waals surface area contributed by atoms with Gasteiger partial charge >= 0.3 is 5.97 Å². The highest BCUT2D eigenvalue weighted by atomic mass is 35.5. The molecule has 0 aliphatic rings. The van der Waals surface area contributed by atoms with E-state index in [0.29, 0.717) is 19.5 Å². The summed E-state index contributed by atoms with van der Waals surface area (Å²) < 4.78 is 4.59. The molecule has 0 atom stereocenters. The molecule has 0 unspecified atom stereocenters. The zero-order chi connectivity index (χ0) is 15.0. The third-order valence-corrected chi connectivity index (χ3v) is 3.00. The summed E-state index contributed by atoms with van der Waals surface area (Å²) in [4.78, 5) is 17.2. The summed E-state index contributed by atoms with van der Waals surface area (Å²) in [5, 5.41) is 3.83. The van der Waals surface area contributed by atoms with Crippen molar-refractivity contribution in [1.82, 2.24) is 10.2 Å². The lowest BCUT2D eigenvalue weighted by Gasteiger charge is -2.22. The van der Waals surface area contributed by atoms with Crippen LogP contribution in [0.25, 0.3) is 0 Å². The van der Waals surface area contributed by atoms with Gasteiger partial charge in [-0.15, -0.1) is 0 Å². The SMILES string of the molecule is CN=C(NCCC(=O)OC)N(C)Cc1ccc(Cl)cc1. The standard InChI is InChI=1S/C14H20ClN3O2/c1-16-14(17-9-8-13(19)20-3)18(2)10-11-4-6-12(15)7-5-11/h4-7H,8-10H2,1-3H3,(H,16,17). The first-order valence-electron chi connectivity index (χ1n) is 6.30. The van der Waals surface area contributed by atoms with Gasteiger partial charge in [-0.3, -0.25) is 9.79 Å². The molecule has 1 N–H and O–H groups in total. The normalized spacial score (nSPS) is 11.1. The number of methoxy groups -OCH3 is 1. The molecule has 0 saturated heterocycles. The van der Waals surface area contributed by atoms with Crippen LogP contribution in [0.4, 0.5) is 0 Å². The van der Waals surface area contributed by atoms with Gasteiger partial charge in [-0.05, 0) is 17.7 Å². The van der Waals surface area contributed by atoms with E-state index in [9.17, 15) is 4.79 Å². The zero-order valence-electron chi connectivity index (χ0n) is 12.0. The Morgan fingerprint density at radius 2 is 2.05 bits per heavy atom. The van der Waals surface area contributed by atoms with Crippen molar-refractivity contribution in [2.24, 2.45) is 4.99 Å². The lowest BCUT2D eigenvalue weighted by Crippen LogP contribution is -2.39. The average molecular weight is 298 g/mol. The van der Waals surface area contributed by atoms with Crippen LogP contribution in [0, 0.1) is 0 Å². The van der Waals surface area contributed by atoms with Crippen molar-refractivity contribution in [2.45, 2.75) is 13.0 Å². The van der Waals surface area contributed by atoms with Crippen LogP contribution < -0.4 is 5.32 Å². The van der Waals surface area contributed by atoms with Crippen molar-refractivity contribution < 1.29 is 9.53 Å². The summed E-state index contributed by atoms with van der Waals surface area (Å²) in [6.45, 7) is 1.19. The van der Waals surface area contributed by atoms with Crippen LogP contribution in [0.2, 0.25) is 5.02 Å². The summed E-state index contributed by atoms with van der Waals surface area (Å²) in [6.07, 6.45) is 0.310. The van der Waals surface area contributed by atoms with Crippen molar-refractivity contribution in [3.63, 3.8) is 0 Å². The predicted molar refractivity (Wildman–Crippen MR) is 80.9 cm³/mol. The number of carbonyl (C=O) groups excluding carboxylic acids is 1. The summed E-state index contributed by atoms with van der Waals surface area (Å²) >= 11 is 5.86. The number of nitrogens with one attached hydrogen (secondary N) is 1. The van der Waals surface area contributed by atoms with E-state index in [1.165, 1.54) is 7.11 Å². The molecule has 0 radical (unpaired) electrons. The summed E-state index contributed by atoms with van der Waals surface area (Å²) in [7, 11) is 5.02. The molecule has 0 saturated carbocycles. The van der Waals surface area contributed by atoms with Crippen LogP contribution in [0.3, 0.4) is 0 Å². The third kappa shape index (κ3) is 5.48. The maximum absolute atomic E-state index is 11.0. The minimum Gasteiger partial charge on any atom is -0.469 e. The van der Waals surface area contributed by atoms with E-state index < -0.39 is 0 Å². The van der Waals surface area contributed by atoms with Gasteiger partial charge in [-0.1, -0.05) is 23.7 Å². The van der Waals surface area contributed by atoms with E-state index in [4.69, 9.17) is 11.6 Å². The lowest BCUT2D eigenvalue weighted by molar-refractivity contribution is -0.140. The molecule has 1 aromatic carbocycles. The number of guanidine groups is 1. The first-order chi connectivity index (χ1) is 9.56. The molecule has 0 aliphatic heterocycles. The molecule has 0 spiro atoms. The van der Waals surface area contributed by atoms with Gasteiger partial charge in [0.25, 0.3) is 0 Å². The fraction of sp³-hybridized carbons (Fsp3) is 0.429. The number of benzene rings is 1. The molecule has 0 aromatic heterocycles. The molecular weight excluding hydrogens is 278 g/mol. The largest absolute Gasteiger partial charge is 0.469 e. The number of nitrogens with zero attached hydrogens (tertiary/aromatic N) is 2. The molecular formula is C14H20ClN3O2. The second-order valence-corrected chi connectivity index (χ2v) is 4.72. The molecule has 0 heterocycles. The molecule has 0 bridgehead atoms. The van der Waals surface area contributed by atoms with Crippen molar-refractivity contribution in [3.8, 4) is 0 Å². The Labute approximate surface area is 124 Å². The molecule has 0 fully saturated rings. The molecule has 1 aromatic rings. The van der Waals surface area contributed by atoms with Gasteiger partial charge in [0.1, 0.15) is 0 Å². The monoisotopic (exact) mass is 297 g/mol. The Hall–Kier alpha value is -1.75. The number of halogens is 1. The first kappa shape index (κ1) is 16.3. The number of esters is 1. The van der Waals surface area contributed by atoms with Gasteiger partial charge in [0.05, 0.1) is 13.5 Å². The van der Waals surface area contributed by atoms with Crippen LogP contribution in [0.15, 0.2) is 29.3 Å². The Morgan fingerprint density at radius 1 is 1.40 bits per heavy atom. The molecule has 0 aliphatic carbocycles. The zero-order valence-corrected chi connectivity index (χ0v) is 12.8. The van der Waals surface area contributed by atoms with Crippen LogP contribution >= 0.6 is 11.6 Å². The van der Waals surface area contributed by atoms with Crippen LogP contribution in [-0.2, 0) is 16.1 Å². The van der Waals surface area contributed by atoms with Crippen LogP contribution in [-0.4, -0.2) is 44.6 Å². The topological polar surface area (TPSA) is 53.9 Å². The van der Waals surface area contributed by atoms with E-state index >= 15 is 0 Å². The number of rotatable bonds is 5. The third-order valence-electron chi connectivity index (χ3n) is 2.75. The van der Waals surface area contributed by atoms with Crippen LogP contribution in [0.1, 0.15) is 12.0 Å². The summed E-state index contributed by atoms with van der Waals surface area (Å²) in [5.41, 5.74) is 1.13. The smallest absolute Gasteiger partial charge is 0.307 e. The Morgan fingerprint density at radius 3 is 2.60 bits per heavy atom. The van der Waals surface area contributed by atoms with E-state index in [0.717, 1.165) is 16.5 Å². The maximum atomic E-state index is 11.0. The molecule has 20 heavy (non-hydrogen) atoms. The summed E-state index contributed by atoms with van der Waals surface area (Å²) in [5.74, 6) is 0.483. The van der Waals surface area contributed by atoms with Gasteiger partial charge in [-0.2, -0.15) is 0 Å². The highest BCUT2D eigenvalue weighted by molar-refractivity contribution is 6.30. The van der Waals surface area contributed by atoms with Crippen molar-refractivity contribution in [1.29, 1.82) is 0 Å². The highest BCUT2D eigenvalue weighted by Crippen LogP contribution is 2.10. The molecule has 0 amide bonds. The van der Waals surface area contributed by atoms with Crippen molar-refractivity contribution >= 4 is 23.5 Å². The fourth-order valence-corrected chi connectivity index (χ4v) is 1.83. The van der Waals surface area contributed by atoms with E-state index in [2.05, 4.69) is 15.0 Å². The Balaban J connectivity index is 2.48. The number of aliphatic imine (C=N–C) groups is 1. The predicted octanol–water partition coefficient (Wildman–Crippen LogP) is 1.91. The maximum Gasteiger partial charge on any atom is 0.307 e. The molecule has 6 heteroatoms. The minimum absolute atomic E-state index is 0.242. The number of hydrogen-bond acceptors (Lipinski definition) is 3. The summed E-state index contributed by atoms with van der Waals surface area (Å²) in [6, 6.07) is 7.66. The lowest BCUT2D eigenvalue weighted by atomic mass is 10.2. The molecule has 110 valence electrons. The van der Waals surface area contributed by atoms with Crippen molar-refractivity contribution in [2.75, 3.05) is 27.7 Å². The van der Waals surface area contributed by atoms with E-state index in [1.807, 2.05) is 36.2 Å². The average Bonchev–Trinajstić information content (AvgIpc) is 2.45. The van der Waals surface area contributed by atoms with E-state index in [-0.39, 0.29) is 5.97 Å². The second kappa shape index (κ2) is 8.43. The van der Waals surface area contributed by atoms with Gasteiger partial charge in [0.15, 0.2) is 5.96 Å². The minimum atomic E-state index is -0.242. The Kier molecular flexibility index (Phi) is 6.87. The number of ether oxygens (including phenoxy) is 1. The number of carbonyl (C=O) groups is 1. The fourth-order valence-electron chi connectivity index (χ4n) is 1.70. The second-order valence-electron chi connectivity index (χ2n) is 4.28. The van der Waals surface area contributed by atoms with Gasteiger partial charge in [0.2, 0.25) is 0 Å². The first-order valence-corrected chi connectivity index (χ1v) is 6.67. The van der Waals surface area contributed by atoms with Crippen LogP contribution in [0.5, 0.6) is 0 Å². The molecule has 5 nitrogen and oxygen atoms in total. The van der Waals surface area contributed by atoms with Gasteiger partial charge in [0, 0.05) is 32.2 Å². The Bertz CT molecular complexity index is 460. The van der Waals surface area contributed by atoms with Crippen molar-refractivity contribution in [3.05, 3.63) is 34.9 Å². The quantitative estimate of drug-likeness (QED) is 0.512. The van der Waals surface area contributed by atoms with Gasteiger partial charge < -0.3 is 15.0 Å². The molecule has 1 rings (SSSR count).